The summed E-state index contributed by atoms with van der Waals surface area (Å²) in [6.07, 6.45) is 1.45. The molecule has 0 aliphatic carbocycles. The fourth-order valence-electron chi connectivity index (χ4n) is 3.75. The second-order valence-corrected chi connectivity index (χ2v) is 9.60. The van der Waals surface area contributed by atoms with Crippen LogP contribution in [0.3, 0.4) is 0 Å². The molecule has 0 aliphatic heterocycles. The molecule has 0 unspecified atom stereocenters. The van der Waals surface area contributed by atoms with Gasteiger partial charge in [0.15, 0.2) is 11.5 Å². The van der Waals surface area contributed by atoms with Crippen LogP contribution in [0.2, 0.25) is 0 Å². The number of carbonyl (C=O) groups excluding carboxylic acids is 1. The number of hydrogen-bond acceptors (Lipinski definition) is 6. The molecule has 1 amide bonds. The van der Waals surface area contributed by atoms with Crippen LogP contribution in [0.5, 0.6) is 17.2 Å². The Morgan fingerprint density at radius 1 is 0.927 bits per heavy atom. The van der Waals surface area contributed by atoms with Crippen LogP contribution in [0.4, 0.5) is 5.69 Å². The molecular weight excluding hydrogens is 588 g/mol. The molecule has 0 aromatic heterocycles. The van der Waals surface area contributed by atoms with E-state index in [-0.39, 0.29) is 17.7 Å². The topological polar surface area (TPSA) is 118 Å². The lowest BCUT2D eigenvalue weighted by Gasteiger charge is -2.14. The number of benzene rings is 4. The van der Waals surface area contributed by atoms with Crippen molar-refractivity contribution in [2.45, 2.75) is 13.2 Å². The van der Waals surface area contributed by atoms with Crippen LogP contribution in [0.1, 0.15) is 27.0 Å². The molecule has 9 heteroatoms. The smallest absolute Gasteiger partial charge is 0.335 e. The summed E-state index contributed by atoms with van der Waals surface area (Å²) in [5.74, 6) is -0.107. The number of nitrogens with one attached hydrogen (secondary N) is 1. The quantitative estimate of drug-likeness (QED) is 0.140. The second kappa shape index (κ2) is 13.8. The van der Waals surface area contributed by atoms with Crippen LogP contribution in [-0.4, -0.2) is 24.1 Å². The number of carboxylic acid groups (broad SMARTS) is 1. The summed E-state index contributed by atoms with van der Waals surface area (Å²) in [6.45, 7) is 0.600. The molecule has 0 saturated heterocycles. The normalized spacial score (nSPS) is 10.8. The average Bonchev–Trinajstić information content (AvgIpc) is 2.99. The van der Waals surface area contributed by atoms with Crippen molar-refractivity contribution in [1.82, 2.24) is 0 Å². The first-order valence-corrected chi connectivity index (χ1v) is 13.2. The number of amides is 1. The molecule has 0 saturated carbocycles. The van der Waals surface area contributed by atoms with Gasteiger partial charge >= 0.3 is 5.97 Å². The SMILES string of the molecule is COc1cc(/C=C(\C#N)C(=O)Nc2ccc(OCc3ccccc3)cc2)cc(Br)c1OCc1ccc(C(=O)O)cc1. The molecule has 4 aromatic carbocycles. The van der Waals surface area contributed by atoms with Gasteiger partial charge in [-0.2, -0.15) is 5.26 Å². The predicted molar refractivity (Wildman–Crippen MR) is 158 cm³/mol. The van der Waals surface area contributed by atoms with Gasteiger partial charge in [-0.05, 0) is 87.2 Å². The minimum absolute atomic E-state index is 0.101. The van der Waals surface area contributed by atoms with Gasteiger partial charge in [-0.15, -0.1) is 0 Å². The largest absolute Gasteiger partial charge is 0.493 e. The number of anilines is 1. The summed E-state index contributed by atoms with van der Waals surface area (Å²) in [5.41, 5.74) is 2.96. The van der Waals surface area contributed by atoms with Gasteiger partial charge in [0.2, 0.25) is 0 Å². The Labute approximate surface area is 245 Å². The monoisotopic (exact) mass is 612 g/mol. The van der Waals surface area contributed by atoms with Crippen molar-refractivity contribution in [3.8, 4) is 23.3 Å². The number of halogens is 1. The summed E-state index contributed by atoms with van der Waals surface area (Å²) in [6, 6.07) is 28.3. The summed E-state index contributed by atoms with van der Waals surface area (Å²) in [4.78, 5) is 23.9. The van der Waals surface area contributed by atoms with E-state index in [1.807, 2.05) is 36.4 Å². The average molecular weight is 613 g/mol. The Bertz CT molecular complexity index is 1590. The van der Waals surface area contributed by atoms with Gasteiger partial charge in [0.1, 0.15) is 30.6 Å². The summed E-state index contributed by atoms with van der Waals surface area (Å²) in [5, 5.41) is 21.5. The van der Waals surface area contributed by atoms with Gasteiger partial charge in [-0.25, -0.2) is 4.79 Å². The third kappa shape index (κ3) is 7.97. The number of nitriles is 1. The molecule has 0 fully saturated rings. The van der Waals surface area contributed by atoms with Gasteiger partial charge in [0.25, 0.3) is 5.91 Å². The van der Waals surface area contributed by atoms with E-state index in [4.69, 9.17) is 19.3 Å². The second-order valence-electron chi connectivity index (χ2n) is 8.75. The van der Waals surface area contributed by atoms with Gasteiger partial charge in [0.05, 0.1) is 17.1 Å². The Morgan fingerprint density at radius 3 is 2.22 bits per heavy atom. The molecule has 0 heterocycles. The minimum atomic E-state index is -1.00. The highest BCUT2D eigenvalue weighted by molar-refractivity contribution is 9.10. The fraction of sp³-hybridized carbons (Fsp3) is 0.0938. The number of hydrogen-bond donors (Lipinski definition) is 2. The molecule has 4 aromatic rings. The highest BCUT2D eigenvalue weighted by atomic mass is 79.9. The van der Waals surface area contributed by atoms with E-state index in [2.05, 4.69) is 21.2 Å². The number of methoxy groups -OCH3 is 1. The number of rotatable bonds is 11. The molecular formula is C32H25BrN2O6. The van der Waals surface area contributed by atoms with Crippen molar-refractivity contribution in [2.24, 2.45) is 0 Å². The molecule has 0 aliphatic rings. The van der Waals surface area contributed by atoms with Crippen molar-refractivity contribution in [2.75, 3.05) is 12.4 Å². The third-order valence-electron chi connectivity index (χ3n) is 5.87. The number of nitrogens with zero attached hydrogens (tertiary/aromatic N) is 1. The van der Waals surface area contributed by atoms with E-state index in [1.54, 1.807) is 48.5 Å². The van der Waals surface area contributed by atoms with Gasteiger partial charge < -0.3 is 24.6 Å². The Balaban J connectivity index is 1.41. The molecule has 206 valence electrons. The van der Waals surface area contributed by atoms with Crippen molar-refractivity contribution in [1.29, 1.82) is 5.26 Å². The first-order valence-electron chi connectivity index (χ1n) is 12.4. The summed E-state index contributed by atoms with van der Waals surface area (Å²) < 4.78 is 17.7. The van der Waals surface area contributed by atoms with E-state index < -0.39 is 11.9 Å². The van der Waals surface area contributed by atoms with Gasteiger partial charge in [-0.1, -0.05) is 42.5 Å². The molecule has 2 N–H and O–H groups in total. The lowest BCUT2D eigenvalue weighted by molar-refractivity contribution is -0.112. The molecule has 4 rings (SSSR count). The van der Waals surface area contributed by atoms with Crippen LogP contribution in [-0.2, 0) is 18.0 Å². The summed E-state index contributed by atoms with van der Waals surface area (Å²) >= 11 is 3.47. The Kier molecular flexibility index (Phi) is 9.75. The first kappa shape index (κ1) is 28.9. The standard InChI is InChI=1S/C32H25BrN2O6/c1-39-29-17-23(16-28(33)30(29)41-20-22-7-9-24(10-8-22)32(37)38)15-25(18-34)31(36)35-26-11-13-27(14-12-26)40-19-21-5-3-2-4-6-21/h2-17H,19-20H2,1H3,(H,35,36)(H,37,38)/b25-15+. The fourth-order valence-corrected chi connectivity index (χ4v) is 4.33. The van der Waals surface area contributed by atoms with Crippen LogP contribution in [0, 0.1) is 11.3 Å². The zero-order chi connectivity index (χ0) is 29.2. The molecule has 0 spiro atoms. The minimum Gasteiger partial charge on any atom is -0.493 e. The first-order chi connectivity index (χ1) is 19.9. The van der Waals surface area contributed by atoms with E-state index in [1.165, 1.54) is 25.3 Å². The van der Waals surface area contributed by atoms with Crippen molar-refractivity contribution < 1.29 is 28.9 Å². The Hall–Kier alpha value is -5.07. The molecule has 0 atom stereocenters. The van der Waals surface area contributed by atoms with Crippen molar-refractivity contribution >= 4 is 39.6 Å². The Morgan fingerprint density at radius 2 is 1.59 bits per heavy atom. The van der Waals surface area contributed by atoms with Crippen LogP contribution in [0.15, 0.2) is 101 Å². The van der Waals surface area contributed by atoms with Crippen LogP contribution < -0.4 is 19.5 Å². The zero-order valence-corrected chi connectivity index (χ0v) is 23.6. The van der Waals surface area contributed by atoms with E-state index in [9.17, 15) is 14.9 Å². The van der Waals surface area contributed by atoms with Crippen LogP contribution >= 0.6 is 15.9 Å². The molecule has 41 heavy (non-hydrogen) atoms. The lowest BCUT2D eigenvalue weighted by atomic mass is 10.1. The number of aromatic carboxylic acids is 1. The highest BCUT2D eigenvalue weighted by Gasteiger charge is 2.15. The zero-order valence-electron chi connectivity index (χ0n) is 22.0. The van der Waals surface area contributed by atoms with Gasteiger partial charge in [0, 0.05) is 5.69 Å². The maximum atomic E-state index is 12.8. The maximum Gasteiger partial charge on any atom is 0.335 e. The van der Waals surface area contributed by atoms with Crippen LogP contribution in [0.25, 0.3) is 6.08 Å². The number of ether oxygens (including phenoxy) is 3. The van der Waals surface area contributed by atoms with Crippen molar-refractivity contribution in [3.05, 3.63) is 123 Å². The van der Waals surface area contributed by atoms with Gasteiger partial charge in [-0.3, -0.25) is 4.79 Å². The predicted octanol–water partition coefficient (Wildman–Crippen LogP) is 6.86. The highest BCUT2D eigenvalue weighted by Crippen LogP contribution is 2.38. The molecule has 0 radical (unpaired) electrons. The third-order valence-corrected chi connectivity index (χ3v) is 6.46. The lowest BCUT2D eigenvalue weighted by Crippen LogP contribution is -2.13. The number of carboxylic acids is 1. The molecule has 8 nitrogen and oxygen atoms in total. The maximum absolute atomic E-state index is 12.8. The van der Waals surface area contributed by atoms with E-state index in [0.29, 0.717) is 39.6 Å². The number of carbonyl (C=O) groups is 2. The molecule has 0 bridgehead atoms. The van der Waals surface area contributed by atoms with E-state index in [0.717, 1.165) is 11.1 Å². The van der Waals surface area contributed by atoms with E-state index >= 15 is 0 Å². The van der Waals surface area contributed by atoms with Crippen molar-refractivity contribution in [3.63, 3.8) is 0 Å². The summed E-state index contributed by atoms with van der Waals surface area (Å²) in [7, 11) is 1.48.